The minimum atomic E-state index is -1.53. The Morgan fingerprint density at radius 2 is 1.18 bits per heavy atom. The van der Waals surface area contributed by atoms with Gasteiger partial charge in [0, 0.05) is 0 Å². The number of methoxy groups -OCH3 is 3. The van der Waals surface area contributed by atoms with Crippen molar-refractivity contribution in [2.75, 3.05) is 27.9 Å². The van der Waals surface area contributed by atoms with E-state index in [-0.39, 0.29) is 8.96 Å². The second kappa shape index (κ2) is 17.4. The molecule has 2 atom stereocenters. The van der Waals surface area contributed by atoms with Gasteiger partial charge in [-0.3, -0.25) is 4.84 Å². The van der Waals surface area contributed by atoms with E-state index in [0.717, 1.165) is 33.9 Å². The molecular formula is C26H33N2O7P3. The van der Waals surface area contributed by atoms with E-state index in [1.54, 1.807) is 25.9 Å². The van der Waals surface area contributed by atoms with Crippen LogP contribution in [0.5, 0.6) is 17.2 Å². The van der Waals surface area contributed by atoms with Crippen molar-refractivity contribution in [3.8, 4) is 17.2 Å². The van der Waals surface area contributed by atoms with Gasteiger partial charge in [-0.05, 0) is 60.0 Å². The summed E-state index contributed by atoms with van der Waals surface area (Å²) in [6.07, 6.45) is 0. The summed E-state index contributed by atoms with van der Waals surface area (Å²) in [5.41, 5.74) is 3.03. The molecule has 0 aliphatic carbocycles. The van der Waals surface area contributed by atoms with Crippen molar-refractivity contribution in [1.29, 1.82) is 0 Å². The molecule has 2 unspecified atom stereocenters. The van der Waals surface area contributed by atoms with Gasteiger partial charge in [0.2, 0.25) is 0 Å². The van der Waals surface area contributed by atoms with E-state index < -0.39 is 8.45 Å². The van der Waals surface area contributed by atoms with E-state index >= 15 is 0 Å². The monoisotopic (exact) mass is 578 g/mol. The summed E-state index contributed by atoms with van der Waals surface area (Å²) in [6.45, 7) is 3.53. The third-order valence-electron chi connectivity index (χ3n) is 5.01. The lowest BCUT2D eigenvalue weighted by molar-refractivity contribution is -0.0166. The van der Waals surface area contributed by atoms with Gasteiger partial charge in [-0.15, -0.1) is 0 Å². The van der Waals surface area contributed by atoms with E-state index in [2.05, 4.69) is 4.52 Å². The highest BCUT2D eigenvalue weighted by molar-refractivity contribution is 7.59. The molecule has 0 N–H and O–H groups in total. The van der Waals surface area contributed by atoms with Crippen LogP contribution in [0.2, 0.25) is 0 Å². The quantitative estimate of drug-likeness (QED) is 0.119. The summed E-state index contributed by atoms with van der Waals surface area (Å²) in [6, 6.07) is 23.2. The van der Waals surface area contributed by atoms with Crippen LogP contribution in [0.4, 0.5) is 0 Å². The Balaban J connectivity index is 1.62. The Hall–Kier alpha value is -2.18. The maximum Gasteiger partial charge on any atom is 0.275 e. The number of nitrogens with zero attached hydrogens (tertiary/aromatic N) is 2. The van der Waals surface area contributed by atoms with Crippen LogP contribution in [0.1, 0.15) is 23.6 Å². The van der Waals surface area contributed by atoms with Gasteiger partial charge in [0.1, 0.15) is 26.2 Å². The van der Waals surface area contributed by atoms with Gasteiger partial charge in [0.05, 0.1) is 47.8 Å². The third kappa shape index (κ3) is 10.5. The highest BCUT2D eigenvalue weighted by Gasteiger charge is 2.22. The van der Waals surface area contributed by atoms with Crippen molar-refractivity contribution >= 4 is 26.0 Å². The van der Waals surface area contributed by atoms with Gasteiger partial charge in [0.25, 0.3) is 8.45 Å². The molecule has 0 bridgehead atoms. The first kappa shape index (κ1) is 30.4. The molecule has 204 valence electrons. The van der Waals surface area contributed by atoms with E-state index in [9.17, 15) is 0 Å². The fraction of sp³-hybridized carbons (Fsp3) is 0.308. The highest BCUT2D eigenvalue weighted by Crippen LogP contribution is 2.53. The van der Waals surface area contributed by atoms with Crippen LogP contribution in [0.15, 0.2) is 77.3 Å². The molecule has 0 heterocycles. The molecule has 38 heavy (non-hydrogen) atoms. The normalized spacial score (nSPS) is 12.4. The Labute approximate surface area is 229 Å². The van der Waals surface area contributed by atoms with Crippen molar-refractivity contribution in [2.24, 2.45) is 4.52 Å². The number of benzene rings is 3. The number of rotatable bonds is 17. The zero-order valence-corrected chi connectivity index (χ0v) is 24.7. The molecule has 3 aromatic carbocycles. The predicted octanol–water partition coefficient (Wildman–Crippen LogP) is 7.70. The molecule has 0 spiro atoms. The van der Waals surface area contributed by atoms with Crippen molar-refractivity contribution in [2.45, 2.75) is 26.7 Å². The molecule has 0 saturated carbocycles. The number of hydrogen-bond acceptors (Lipinski definition) is 9. The minimum Gasteiger partial charge on any atom is -0.497 e. The molecule has 0 amide bonds. The minimum absolute atomic E-state index is 0.122. The Morgan fingerprint density at radius 3 is 1.66 bits per heavy atom. The lowest BCUT2D eigenvalue weighted by atomic mass is 10.2. The Morgan fingerprint density at radius 1 is 0.711 bits per heavy atom. The summed E-state index contributed by atoms with van der Waals surface area (Å²) in [5, 5.41) is 0. The Kier molecular flexibility index (Phi) is 13.9. The summed E-state index contributed by atoms with van der Waals surface area (Å²) in [5.74, 6) is 2.39. The molecule has 0 aromatic heterocycles. The Bertz CT molecular complexity index is 1090. The second-order valence-corrected chi connectivity index (χ2v) is 11.1. The van der Waals surface area contributed by atoms with Crippen LogP contribution < -0.4 is 14.2 Å². The van der Waals surface area contributed by atoms with Gasteiger partial charge < -0.3 is 27.8 Å². The highest BCUT2D eigenvalue weighted by atomic mass is 31.2. The molecule has 3 aromatic rings. The first-order valence-corrected chi connectivity index (χ1v) is 14.6. The van der Waals surface area contributed by atoms with Gasteiger partial charge in [-0.1, -0.05) is 41.0 Å². The van der Waals surface area contributed by atoms with Crippen LogP contribution in [0.3, 0.4) is 0 Å². The fourth-order valence-corrected chi connectivity index (χ4v) is 6.23. The smallest absolute Gasteiger partial charge is 0.275 e. The van der Waals surface area contributed by atoms with Gasteiger partial charge in [-0.2, -0.15) is 4.52 Å². The molecule has 0 radical (unpaired) electrons. The summed E-state index contributed by atoms with van der Waals surface area (Å²) in [7, 11) is 3.70. The average Bonchev–Trinajstić information content (AvgIpc) is 2.97. The van der Waals surface area contributed by atoms with E-state index in [0.29, 0.717) is 35.0 Å². The van der Waals surface area contributed by atoms with E-state index in [1.807, 2.05) is 79.7 Å². The van der Waals surface area contributed by atoms with Crippen LogP contribution in [0.25, 0.3) is 0 Å². The zero-order valence-electron chi connectivity index (χ0n) is 21.9. The average molecular weight is 578 g/mol. The zero-order chi connectivity index (χ0) is 27.0. The summed E-state index contributed by atoms with van der Waals surface area (Å²) >= 11 is 0. The lowest BCUT2D eigenvalue weighted by Gasteiger charge is -2.24. The lowest BCUT2D eigenvalue weighted by Crippen LogP contribution is -2.10. The van der Waals surface area contributed by atoms with Crippen molar-refractivity contribution in [1.82, 2.24) is 4.60 Å². The van der Waals surface area contributed by atoms with Crippen molar-refractivity contribution in [3.05, 3.63) is 89.5 Å². The molecule has 0 fully saturated rings. The van der Waals surface area contributed by atoms with Gasteiger partial charge >= 0.3 is 0 Å². The topological polar surface area (TPSA) is 80.2 Å². The molecular weight excluding hydrogens is 545 g/mol. The van der Waals surface area contributed by atoms with Crippen LogP contribution >= 0.6 is 26.0 Å². The SMILES string of the molecule is CCON(POCc1ccc(OC)cc1)P(N=POCc1ccc(OC)cc1)OCc1ccc(OC)cc1. The maximum absolute atomic E-state index is 6.20. The molecule has 0 aliphatic heterocycles. The standard InChI is InChI=1S/C26H33N2O7P3/c1-5-32-28(37-34-19-22-8-14-25(30-3)15-9-22)38(35-20-23-10-16-26(31-4)17-11-23)27-36-33-18-21-6-12-24(29-2)13-7-21/h6-17,37H,5,18-20H2,1-4H3. The van der Waals surface area contributed by atoms with E-state index in [4.69, 9.17) is 32.6 Å². The van der Waals surface area contributed by atoms with E-state index in [1.165, 1.54) is 0 Å². The van der Waals surface area contributed by atoms with Gasteiger partial charge in [-0.25, -0.2) is 0 Å². The second-order valence-electron chi connectivity index (χ2n) is 7.59. The first-order chi connectivity index (χ1) is 18.6. The summed E-state index contributed by atoms with van der Waals surface area (Å²) < 4.78 is 39.9. The number of ether oxygens (including phenoxy) is 3. The van der Waals surface area contributed by atoms with Crippen LogP contribution in [0, 0.1) is 0 Å². The first-order valence-electron chi connectivity index (χ1n) is 11.8. The van der Waals surface area contributed by atoms with Crippen molar-refractivity contribution in [3.63, 3.8) is 0 Å². The van der Waals surface area contributed by atoms with Gasteiger partial charge in [0.15, 0.2) is 8.60 Å². The summed E-state index contributed by atoms with van der Waals surface area (Å²) in [4.78, 5) is 5.86. The largest absolute Gasteiger partial charge is 0.497 e. The third-order valence-corrected chi connectivity index (χ3v) is 8.27. The molecule has 9 nitrogen and oxygen atoms in total. The maximum atomic E-state index is 6.20. The van der Waals surface area contributed by atoms with Crippen LogP contribution in [-0.2, 0) is 38.2 Å². The number of hydrogen-bond donors (Lipinski definition) is 0. The fourth-order valence-electron chi connectivity index (χ4n) is 2.98. The van der Waals surface area contributed by atoms with Crippen molar-refractivity contribution < 1.29 is 32.6 Å². The molecule has 12 heteroatoms. The molecule has 3 rings (SSSR count). The molecule has 0 saturated heterocycles. The predicted molar refractivity (Wildman–Crippen MR) is 151 cm³/mol. The molecule has 0 aliphatic rings. The van der Waals surface area contributed by atoms with Crippen LogP contribution in [-0.4, -0.2) is 32.5 Å².